The molecule has 0 saturated carbocycles. The van der Waals surface area contributed by atoms with Crippen LogP contribution in [0.1, 0.15) is 48.7 Å². The number of para-hydroxylation sites is 2. The van der Waals surface area contributed by atoms with E-state index >= 15 is 0 Å². The average Bonchev–Trinajstić information content (AvgIpc) is 3.43. The Labute approximate surface area is 224 Å². The Balaban J connectivity index is 1.91. The lowest BCUT2D eigenvalue weighted by molar-refractivity contribution is -0.0162. The molecule has 0 spiro atoms. The standard InChI is InChI=1S/C32H38N4O2/c1-6-16-34(4)27-18-35-25-14-10-8-12-20(25)29-23(19-37)22(17-33-3)28-21-13-9-11-15-26(21)36(31(28)30(29)35)24(7-2)32(27)38-5/h8-15,19,24,27,32-33H,6-7,16-18H2,1-5H3. The molecule has 6 rings (SSSR count). The van der Waals surface area contributed by atoms with Gasteiger partial charge in [0.25, 0.3) is 0 Å². The van der Waals surface area contributed by atoms with Gasteiger partial charge in [-0.2, -0.15) is 0 Å². The van der Waals surface area contributed by atoms with Crippen LogP contribution < -0.4 is 5.32 Å². The number of nitrogens with one attached hydrogen (secondary N) is 1. The zero-order valence-electron chi connectivity index (χ0n) is 23.1. The Morgan fingerprint density at radius 3 is 2.34 bits per heavy atom. The molecule has 1 aliphatic heterocycles. The molecule has 1 N–H and O–H groups in total. The highest BCUT2D eigenvalue weighted by Gasteiger charge is 2.38. The van der Waals surface area contributed by atoms with E-state index in [9.17, 15) is 4.79 Å². The summed E-state index contributed by atoms with van der Waals surface area (Å²) in [5.41, 5.74) is 6.64. The van der Waals surface area contributed by atoms with Crippen molar-refractivity contribution in [1.29, 1.82) is 0 Å². The van der Waals surface area contributed by atoms with Crippen molar-refractivity contribution in [3.63, 3.8) is 0 Å². The van der Waals surface area contributed by atoms with Crippen molar-refractivity contribution in [3.05, 3.63) is 59.7 Å². The smallest absolute Gasteiger partial charge is 0.151 e. The monoisotopic (exact) mass is 510 g/mol. The lowest BCUT2D eigenvalue weighted by Gasteiger charge is -2.40. The molecular formula is C32H38N4O2. The second kappa shape index (κ2) is 9.84. The van der Waals surface area contributed by atoms with E-state index < -0.39 is 0 Å². The largest absolute Gasteiger partial charge is 0.378 e. The Bertz CT molecular complexity index is 1660. The first-order chi connectivity index (χ1) is 18.6. The summed E-state index contributed by atoms with van der Waals surface area (Å²) >= 11 is 0. The van der Waals surface area contributed by atoms with E-state index in [1.54, 1.807) is 0 Å². The van der Waals surface area contributed by atoms with Crippen LogP contribution in [0, 0.1) is 0 Å². The zero-order chi connectivity index (χ0) is 26.6. The van der Waals surface area contributed by atoms with E-state index in [1.165, 1.54) is 32.8 Å². The molecule has 2 aromatic heterocycles. The second-order valence-corrected chi connectivity index (χ2v) is 10.7. The van der Waals surface area contributed by atoms with Gasteiger partial charge in [-0.25, -0.2) is 0 Å². The summed E-state index contributed by atoms with van der Waals surface area (Å²) < 4.78 is 11.5. The van der Waals surface area contributed by atoms with Gasteiger partial charge < -0.3 is 19.2 Å². The number of carbonyl (C=O) groups is 1. The van der Waals surface area contributed by atoms with Gasteiger partial charge in [0.15, 0.2) is 6.29 Å². The minimum absolute atomic E-state index is 0.00147. The molecule has 5 aromatic rings. The molecular weight excluding hydrogens is 472 g/mol. The molecule has 0 saturated heterocycles. The van der Waals surface area contributed by atoms with Gasteiger partial charge in [0.2, 0.25) is 0 Å². The van der Waals surface area contributed by atoms with Crippen LogP contribution in [-0.4, -0.2) is 60.2 Å². The minimum Gasteiger partial charge on any atom is -0.378 e. The van der Waals surface area contributed by atoms with Crippen molar-refractivity contribution < 1.29 is 9.53 Å². The third kappa shape index (κ3) is 3.40. The van der Waals surface area contributed by atoms with E-state index in [2.05, 4.69) is 88.8 Å². The van der Waals surface area contributed by atoms with Crippen molar-refractivity contribution in [2.45, 2.75) is 58.0 Å². The topological polar surface area (TPSA) is 51.4 Å². The molecule has 0 radical (unpaired) electrons. The Morgan fingerprint density at radius 2 is 1.71 bits per heavy atom. The van der Waals surface area contributed by atoms with Crippen LogP contribution in [0.2, 0.25) is 0 Å². The van der Waals surface area contributed by atoms with Gasteiger partial charge in [-0.1, -0.05) is 50.2 Å². The summed E-state index contributed by atoms with van der Waals surface area (Å²) in [4.78, 5) is 15.4. The van der Waals surface area contributed by atoms with E-state index in [-0.39, 0.29) is 18.2 Å². The van der Waals surface area contributed by atoms with Crippen LogP contribution in [-0.2, 0) is 17.8 Å². The SMILES string of the molecule is CCCN(C)C1Cn2c3ccccc3c3c(C=O)c(CNC)c4c5ccccc5n(c4c32)C(CC)C1OC. The van der Waals surface area contributed by atoms with Crippen LogP contribution in [0.15, 0.2) is 48.5 Å². The molecule has 38 heavy (non-hydrogen) atoms. The second-order valence-electron chi connectivity index (χ2n) is 10.7. The number of aromatic nitrogens is 2. The first-order valence-electron chi connectivity index (χ1n) is 13.9. The number of fused-ring (bicyclic) bond motifs is 6. The number of ether oxygens (including phenoxy) is 1. The molecule has 0 fully saturated rings. The van der Waals surface area contributed by atoms with Crippen LogP contribution in [0.5, 0.6) is 0 Å². The van der Waals surface area contributed by atoms with Crippen molar-refractivity contribution in [2.24, 2.45) is 0 Å². The predicted octanol–water partition coefficient (Wildman–Crippen LogP) is 6.12. The maximum atomic E-state index is 12.9. The number of methoxy groups -OCH3 is 1. The van der Waals surface area contributed by atoms with Gasteiger partial charge in [0, 0.05) is 58.3 Å². The number of carbonyl (C=O) groups excluding carboxylic acids is 1. The summed E-state index contributed by atoms with van der Waals surface area (Å²) in [6.45, 7) is 6.94. The highest BCUT2D eigenvalue weighted by molar-refractivity contribution is 6.28. The van der Waals surface area contributed by atoms with Gasteiger partial charge in [-0.3, -0.25) is 9.69 Å². The zero-order valence-corrected chi connectivity index (χ0v) is 23.1. The molecule has 6 heteroatoms. The van der Waals surface area contributed by atoms with Crippen LogP contribution >= 0.6 is 0 Å². The van der Waals surface area contributed by atoms with Crippen LogP contribution in [0.3, 0.4) is 0 Å². The minimum atomic E-state index is -0.00147. The molecule has 3 unspecified atom stereocenters. The van der Waals surface area contributed by atoms with Gasteiger partial charge in [-0.05, 0) is 51.2 Å². The third-order valence-corrected chi connectivity index (χ3v) is 8.77. The fraction of sp³-hybridized carbons (Fsp3) is 0.406. The molecule has 198 valence electrons. The molecule has 3 aromatic carbocycles. The molecule has 0 bridgehead atoms. The molecule has 3 heterocycles. The Kier molecular flexibility index (Phi) is 6.50. The van der Waals surface area contributed by atoms with Gasteiger partial charge in [0.1, 0.15) is 0 Å². The van der Waals surface area contributed by atoms with Gasteiger partial charge >= 0.3 is 0 Å². The fourth-order valence-electron chi connectivity index (χ4n) is 7.27. The first-order valence-corrected chi connectivity index (χ1v) is 13.9. The molecule has 3 atom stereocenters. The number of aldehydes is 1. The lowest BCUT2D eigenvalue weighted by atomic mass is 9.94. The molecule has 6 nitrogen and oxygen atoms in total. The van der Waals surface area contributed by atoms with Crippen molar-refractivity contribution in [3.8, 4) is 0 Å². The van der Waals surface area contributed by atoms with Crippen LogP contribution in [0.4, 0.5) is 0 Å². The van der Waals surface area contributed by atoms with Crippen molar-refractivity contribution in [2.75, 3.05) is 27.7 Å². The number of hydrogen-bond acceptors (Lipinski definition) is 4. The normalized spacial score (nSPS) is 19.8. The van der Waals surface area contributed by atoms with E-state index in [4.69, 9.17) is 4.74 Å². The number of rotatable bonds is 8. The van der Waals surface area contributed by atoms with Crippen molar-refractivity contribution >= 4 is 49.9 Å². The maximum Gasteiger partial charge on any atom is 0.151 e. The first kappa shape index (κ1) is 25.1. The Morgan fingerprint density at radius 1 is 1.03 bits per heavy atom. The highest BCUT2D eigenvalue weighted by atomic mass is 16.5. The summed E-state index contributed by atoms with van der Waals surface area (Å²) in [5.74, 6) is 0. The average molecular weight is 511 g/mol. The van der Waals surface area contributed by atoms with Crippen LogP contribution in [0.25, 0.3) is 43.6 Å². The number of hydrogen-bond donors (Lipinski definition) is 1. The highest BCUT2D eigenvalue weighted by Crippen LogP contribution is 2.47. The molecule has 0 amide bonds. The lowest BCUT2D eigenvalue weighted by Crippen LogP contribution is -2.49. The summed E-state index contributed by atoms with van der Waals surface area (Å²) in [6.07, 6.45) is 3.11. The third-order valence-electron chi connectivity index (χ3n) is 8.77. The Hall–Kier alpha value is -3.19. The predicted molar refractivity (Wildman–Crippen MR) is 157 cm³/mol. The van der Waals surface area contributed by atoms with Gasteiger partial charge in [0.05, 0.1) is 29.2 Å². The van der Waals surface area contributed by atoms with E-state index in [0.29, 0.717) is 6.54 Å². The number of benzene rings is 3. The van der Waals surface area contributed by atoms with Gasteiger partial charge in [-0.15, -0.1) is 0 Å². The summed E-state index contributed by atoms with van der Waals surface area (Å²) in [5, 5.41) is 7.96. The summed E-state index contributed by atoms with van der Waals surface area (Å²) in [7, 11) is 6.06. The molecule has 1 aliphatic rings. The number of nitrogens with zero attached hydrogens (tertiary/aromatic N) is 3. The van der Waals surface area contributed by atoms with Crippen molar-refractivity contribution in [1.82, 2.24) is 19.4 Å². The fourth-order valence-corrected chi connectivity index (χ4v) is 7.27. The maximum absolute atomic E-state index is 12.9. The van der Waals surface area contributed by atoms with E-state index in [1.807, 2.05) is 14.2 Å². The number of likely N-dealkylation sites (N-methyl/N-ethyl adjacent to an activating group) is 1. The summed E-state index contributed by atoms with van der Waals surface area (Å²) in [6, 6.07) is 17.6. The molecule has 0 aliphatic carbocycles. The van der Waals surface area contributed by atoms with E-state index in [0.717, 1.165) is 54.1 Å². The quantitative estimate of drug-likeness (QED) is 0.255.